The van der Waals surface area contributed by atoms with Gasteiger partial charge < -0.3 is 10.6 Å². The molecular weight excluding hydrogens is 188 g/mol. The fourth-order valence-electron chi connectivity index (χ4n) is 2.19. The summed E-state index contributed by atoms with van der Waals surface area (Å²) in [6, 6.07) is 7.62. The summed E-state index contributed by atoms with van der Waals surface area (Å²) >= 11 is 0. The molecule has 3 heteroatoms. The highest BCUT2D eigenvalue weighted by molar-refractivity contribution is 5.98. The first-order valence-corrected chi connectivity index (χ1v) is 5.23. The molecule has 1 amide bonds. The second kappa shape index (κ2) is 3.66. The molecule has 1 heterocycles. The maximum Gasteiger partial charge on any atom is 0.243 e. The predicted octanol–water partition coefficient (Wildman–Crippen LogP) is 1.48. The van der Waals surface area contributed by atoms with Crippen LogP contribution in [0.3, 0.4) is 0 Å². The minimum atomic E-state index is -0.377. The van der Waals surface area contributed by atoms with Crippen LogP contribution >= 0.6 is 0 Å². The van der Waals surface area contributed by atoms with Crippen LogP contribution in [0, 0.1) is 0 Å². The van der Waals surface area contributed by atoms with E-state index in [1.807, 2.05) is 18.2 Å². The summed E-state index contributed by atoms with van der Waals surface area (Å²) in [5, 5.41) is 0. The standard InChI is InChI=1S/C12H16N2O/c1-8-7-10(13)12(15)14(2)11-6-4-3-5-9(8)11/h3-6,8,10H,7,13H2,1-2H3. The average molecular weight is 204 g/mol. The van der Waals surface area contributed by atoms with Crippen molar-refractivity contribution in [1.29, 1.82) is 0 Å². The molecule has 3 nitrogen and oxygen atoms in total. The van der Waals surface area contributed by atoms with E-state index in [1.54, 1.807) is 11.9 Å². The molecule has 1 aromatic carbocycles. The van der Waals surface area contributed by atoms with Crippen molar-refractivity contribution in [3.05, 3.63) is 29.8 Å². The number of benzene rings is 1. The number of carbonyl (C=O) groups is 1. The number of likely N-dealkylation sites (N-methyl/N-ethyl adjacent to an activating group) is 1. The molecule has 80 valence electrons. The van der Waals surface area contributed by atoms with Crippen molar-refractivity contribution in [2.45, 2.75) is 25.3 Å². The molecule has 0 saturated heterocycles. The number of hydrogen-bond acceptors (Lipinski definition) is 2. The summed E-state index contributed by atoms with van der Waals surface area (Å²) in [4.78, 5) is 13.5. The topological polar surface area (TPSA) is 46.3 Å². The van der Waals surface area contributed by atoms with Gasteiger partial charge >= 0.3 is 0 Å². The molecule has 0 radical (unpaired) electrons. The molecule has 0 spiro atoms. The van der Waals surface area contributed by atoms with Gasteiger partial charge in [0.05, 0.1) is 6.04 Å². The molecule has 0 fully saturated rings. The zero-order chi connectivity index (χ0) is 11.0. The van der Waals surface area contributed by atoms with Gasteiger partial charge in [-0.1, -0.05) is 25.1 Å². The van der Waals surface area contributed by atoms with Gasteiger partial charge in [-0.3, -0.25) is 4.79 Å². The highest BCUT2D eigenvalue weighted by Gasteiger charge is 2.28. The number of nitrogens with two attached hydrogens (primary N) is 1. The van der Waals surface area contributed by atoms with Crippen molar-refractivity contribution in [3.8, 4) is 0 Å². The van der Waals surface area contributed by atoms with E-state index < -0.39 is 0 Å². The van der Waals surface area contributed by atoms with Gasteiger partial charge in [0.15, 0.2) is 0 Å². The summed E-state index contributed by atoms with van der Waals surface area (Å²) < 4.78 is 0. The van der Waals surface area contributed by atoms with E-state index in [1.165, 1.54) is 5.56 Å². The summed E-state index contributed by atoms with van der Waals surface area (Å²) in [5.41, 5.74) is 8.05. The van der Waals surface area contributed by atoms with Crippen LogP contribution in [-0.2, 0) is 4.79 Å². The van der Waals surface area contributed by atoms with Crippen molar-refractivity contribution >= 4 is 11.6 Å². The van der Waals surface area contributed by atoms with Crippen LogP contribution in [0.2, 0.25) is 0 Å². The first-order valence-electron chi connectivity index (χ1n) is 5.23. The number of para-hydroxylation sites is 1. The van der Waals surface area contributed by atoms with Crippen LogP contribution < -0.4 is 10.6 Å². The largest absolute Gasteiger partial charge is 0.320 e. The molecule has 1 aromatic rings. The third kappa shape index (κ3) is 1.63. The molecule has 15 heavy (non-hydrogen) atoms. The van der Waals surface area contributed by atoms with Crippen LogP contribution in [0.1, 0.15) is 24.8 Å². The highest BCUT2D eigenvalue weighted by atomic mass is 16.2. The molecule has 1 aliphatic heterocycles. The van der Waals surface area contributed by atoms with Gasteiger partial charge in [-0.2, -0.15) is 0 Å². The van der Waals surface area contributed by atoms with Gasteiger partial charge in [0, 0.05) is 12.7 Å². The lowest BCUT2D eigenvalue weighted by Gasteiger charge is -2.19. The van der Waals surface area contributed by atoms with Gasteiger partial charge in [0.1, 0.15) is 0 Å². The molecular formula is C12H16N2O. The number of fused-ring (bicyclic) bond motifs is 1. The van der Waals surface area contributed by atoms with E-state index in [9.17, 15) is 4.79 Å². The van der Waals surface area contributed by atoms with Crippen molar-refractivity contribution in [3.63, 3.8) is 0 Å². The van der Waals surface area contributed by atoms with Crippen LogP contribution in [0.25, 0.3) is 0 Å². The zero-order valence-corrected chi connectivity index (χ0v) is 9.10. The van der Waals surface area contributed by atoms with Crippen LogP contribution in [0.5, 0.6) is 0 Å². The Morgan fingerprint density at radius 3 is 2.80 bits per heavy atom. The number of anilines is 1. The second-order valence-corrected chi connectivity index (χ2v) is 4.20. The zero-order valence-electron chi connectivity index (χ0n) is 9.10. The van der Waals surface area contributed by atoms with E-state index in [0.717, 1.165) is 12.1 Å². The average Bonchev–Trinajstić information content (AvgIpc) is 2.33. The van der Waals surface area contributed by atoms with Gasteiger partial charge in [0.25, 0.3) is 0 Å². The fourth-order valence-corrected chi connectivity index (χ4v) is 2.19. The van der Waals surface area contributed by atoms with Gasteiger partial charge in [-0.15, -0.1) is 0 Å². The Balaban J connectivity index is 2.52. The van der Waals surface area contributed by atoms with E-state index in [2.05, 4.69) is 13.0 Å². The van der Waals surface area contributed by atoms with E-state index in [-0.39, 0.29) is 11.9 Å². The van der Waals surface area contributed by atoms with Crippen LogP contribution in [-0.4, -0.2) is 19.0 Å². The maximum absolute atomic E-state index is 11.9. The number of nitrogens with zero attached hydrogens (tertiary/aromatic N) is 1. The first-order chi connectivity index (χ1) is 7.11. The third-order valence-corrected chi connectivity index (χ3v) is 3.08. The lowest BCUT2D eigenvalue weighted by Crippen LogP contribution is -2.40. The van der Waals surface area contributed by atoms with Crippen molar-refractivity contribution < 1.29 is 4.79 Å². The molecule has 1 aliphatic rings. The van der Waals surface area contributed by atoms with Crippen LogP contribution in [0.4, 0.5) is 5.69 Å². The molecule has 0 bridgehead atoms. The quantitative estimate of drug-likeness (QED) is 0.696. The fraction of sp³-hybridized carbons (Fsp3) is 0.417. The van der Waals surface area contributed by atoms with Gasteiger partial charge in [-0.05, 0) is 24.0 Å². The Morgan fingerprint density at radius 2 is 2.07 bits per heavy atom. The lowest BCUT2D eigenvalue weighted by atomic mass is 9.95. The Kier molecular flexibility index (Phi) is 2.49. The number of rotatable bonds is 0. The molecule has 2 unspecified atom stereocenters. The second-order valence-electron chi connectivity index (χ2n) is 4.20. The molecule has 0 aromatic heterocycles. The van der Waals surface area contributed by atoms with E-state index in [4.69, 9.17) is 5.73 Å². The SMILES string of the molecule is CC1CC(N)C(=O)N(C)c2ccccc21. The maximum atomic E-state index is 11.9. The summed E-state index contributed by atoms with van der Waals surface area (Å²) in [6.45, 7) is 2.12. The first kappa shape index (κ1) is 10.2. The Labute approximate surface area is 89.9 Å². The molecule has 2 rings (SSSR count). The smallest absolute Gasteiger partial charge is 0.243 e. The highest BCUT2D eigenvalue weighted by Crippen LogP contribution is 2.33. The minimum Gasteiger partial charge on any atom is -0.320 e. The lowest BCUT2D eigenvalue weighted by molar-refractivity contribution is -0.119. The van der Waals surface area contributed by atoms with Crippen molar-refractivity contribution in [2.75, 3.05) is 11.9 Å². The summed E-state index contributed by atoms with van der Waals surface area (Å²) in [5.74, 6) is 0.344. The van der Waals surface area contributed by atoms with Crippen molar-refractivity contribution in [2.24, 2.45) is 5.73 Å². The Bertz CT molecular complexity index is 389. The van der Waals surface area contributed by atoms with Gasteiger partial charge in [0.2, 0.25) is 5.91 Å². The Hall–Kier alpha value is -1.35. The monoisotopic (exact) mass is 204 g/mol. The third-order valence-electron chi connectivity index (χ3n) is 3.08. The molecule has 0 aliphatic carbocycles. The normalized spacial score (nSPS) is 26.1. The van der Waals surface area contributed by atoms with Gasteiger partial charge in [-0.25, -0.2) is 0 Å². The number of amides is 1. The van der Waals surface area contributed by atoms with Crippen molar-refractivity contribution in [1.82, 2.24) is 0 Å². The minimum absolute atomic E-state index is 0.00630. The Morgan fingerprint density at radius 1 is 1.40 bits per heavy atom. The number of carbonyl (C=O) groups excluding carboxylic acids is 1. The summed E-state index contributed by atoms with van der Waals surface area (Å²) in [6.07, 6.45) is 0.722. The van der Waals surface area contributed by atoms with E-state index >= 15 is 0 Å². The molecule has 0 saturated carbocycles. The van der Waals surface area contributed by atoms with Crippen LogP contribution in [0.15, 0.2) is 24.3 Å². The number of hydrogen-bond donors (Lipinski definition) is 1. The molecule has 2 N–H and O–H groups in total. The molecule has 2 atom stereocenters. The summed E-state index contributed by atoms with van der Waals surface area (Å²) in [7, 11) is 1.79. The predicted molar refractivity (Wildman–Crippen MR) is 60.9 cm³/mol. The van der Waals surface area contributed by atoms with E-state index in [0.29, 0.717) is 5.92 Å².